The first-order chi connectivity index (χ1) is 22.0. The Labute approximate surface area is 268 Å². The molecular weight excluding hydrogens is 612 g/mol. The summed E-state index contributed by atoms with van der Waals surface area (Å²) in [5.74, 6) is 0.0422. The molecule has 19 atom stereocenters. The van der Waals surface area contributed by atoms with E-state index >= 15 is 0 Å². The molecule has 15 nitrogen and oxygen atoms in total. The van der Waals surface area contributed by atoms with Crippen molar-refractivity contribution in [1.82, 2.24) is 0 Å². The first kappa shape index (κ1) is 36.3. The lowest BCUT2D eigenvalue weighted by molar-refractivity contribution is -0.374. The second-order valence-corrected chi connectivity index (χ2v) is 13.6. The van der Waals surface area contributed by atoms with Crippen LogP contribution in [0.25, 0.3) is 0 Å². The Morgan fingerprint density at radius 2 is 1.37 bits per heavy atom. The van der Waals surface area contributed by atoms with Crippen molar-refractivity contribution in [3.8, 4) is 0 Å². The predicted molar refractivity (Wildman–Crippen MR) is 155 cm³/mol. The summed E-state index contributed by atoms with van der Waals surface area (Å²) in [6.07, 6.45) is -11.9. The summed E-state index contributed by atoms with van der Waals surface area (Å²) in [6, 6.07) is 0. The second-order valence-electron chi connectivity index (χ2n) is 13.6. The topological polar surface area (TPSA) is 237 Å². The van der Waals surface area contributed by atoms with Crippen molar-refractivity contribution in [3.63, 3.8) is 0 Å². The van der Waals surface area contributed by atoms with Crippen LogP contribution < -0.4 is 0 Å². The fourth-order valence-corrected chi connectivity index (χ4v) is 7.85. The first-order valence-corrected chi connectivity index (χ1v) is 16.5. The molecule has 0 spiro atoms. The third kappa shape index (κ3) is 7.58. The molecule has 3 heterocycles. The van der Waals surface area contributed by atoms with Gasteiger partial charge < -0.3 is 74.4 Å². The van der Waals surface area contributed by atoms with E-state index in [1.807, 2.05) is 13.0 Å². The average Bonchev–Trinajstić information content (AvgIpc) is 3.04. The number of allylic oxidation sites excluding steroid dienone is 1. The van der Waals surface area contributed by atoms with Crippen molar-refractivity contribution >= 4 is 0 Å². The van der Waals surface area contributed by atoms with E-state index in [0.29, 0.717) is 12.8 Å². The molecule has 2 saturated carbocycles. The fraction of sp³-hybridized carbons (Fsp3) is 0.935. The summed E-state index contributed by atoms with van der Waals surface area (Å²) in [4.78, 5) is 0. The van der Waals surface area contributed by atoms with E-state index in [1.54, 1.807) is 6.26 Å². The maximum absolute atomic E-state index is 11.1. The monoisotopic (exact) mass is 664 g/mol. The highest BCUT2D eigenvalue weighted by molar-refractivity contribution is 4.99. The molecular formula is C31H52O15. The highest BCUT2D eigenvalue weighted by atomic mass is 16.8. The van der Waals surface area contributed by atoms with E-state index in [2.05, 4.69) is 6.92 Å². The second kappa shape index (κ2) is 15.7. The molecule has 0 bridgehead atoms. The van der Waals surface area contributed by atoms with Crippen LogP contribution in [0.1, 0.15) is 52.4 Å². The Morgan fingerprint density at radius 1 is 0.696 bits per heavy atom. The lowest BCUT2D eigenvalue weighted by Crippen LogP contribution is -2.65. The maximum atomic E-state index is 11.1. The van der Waals surface area contributed by atoms with Gasteiger partial charge in [-0.1, -0.05) is 13.0 Å². The summed E-state index contributed by atoms with van der Waals surface area (Å²) in [5, 5.41) is 93.9. The molecule has 0 aromatic heterocycles. The molecule has 5 aliphatic rings. The molecule has 3 aliphatic heterocycles. The minimum atomic E-state index is -1.79. The van der Waals surface area contributed by atoms with Gasteiger partial charge in [-0.25, -0.2) is 0 Å². The van der Waals surface area contributed by atoms with Gasteiger partial charge in [0.05, 0.1) is 50.0 Å². The summed E-state index contributed by atoms with van der Waals surface area (Å²) in [6.45, 7) is 2.67. The minimum Gasteiger partial charge on any atom is -0.498 e. The summed E-state index contributed by atoms with van der Waals surface area (Å²) in [5.41, 5.74) is 0. The zero-order chi connectivity index (χ0) is 33.3. The van der Waals surface area contributed by atoms with Crippen LogP contribution in [0.4, 0.5) is 0 Å². The fourth-order valence-electron chi connectivity index (χ4n) is 7.85. The van der Waals surface area contributed by atoms with Gasteiger partial charge >= 0.3 is 0 Å². The highest BCUT2D eigenvalue weighted by Gasteiger charge is 2.53. The number of aliphatic hydroxyl groups is 9. The number of hydrogen-bond donors (Lipinski definition) is 9. The average molecular weight is 665 g/mol. The first-order valence-electron chi connectivity index (χ1n) is 16.5. The molecule has 5 fully saturated rings. The van der Waals surface area contributed by atoms with E-state index in [4.69, 9.17) is 28.4 Å². The summed E-state index contributed by atoms with van der Waals surface area (Å²) in [7, 11) is 0. The van der Waals surface area contributed by atoms with Gasteiger partial charge in [0.25, 0.3) is 0 Å². The maximum Gasteiger partial charge on any atom is 0.187 e. The molecule has 9 unspecified atom stereocenters. The van der Waals surface area contributed by atoms with Crippen LogP contribution in [0.3, 0.4) is 0 Å². The highest BCUT2D eigenvalue weighted by Crippen LogP contribution is 2.44. The van der Waals surface area contributed by atoms with Crippen molar-refractivity contribution in [2.75, 3.05) is 13.2 Å². The van der Waals surface area contributed by atoms with Crippen molar-refractivity contribution in [2.24, 2.45) is 17.8 Å². The van der Waals surface area contributed by atoms with Crippen LogP contribution in [-0.2, 0) is 28.4 Å². The van der Waals surface area contributed by atoms with Gasteiger partial charge in [0.2, 0.25) is 0 Å². The molecule has 0 aromatic carbocycles. The largest absolute Gasteiger partial charge is 0.498 e. The van der Waals surface area contributed by atoms with E-state index in [1.165, 1.54) is 0 Å². The molecule has 0 aromatic rings. The standard InChI is InChI=1S/C31H52O15/c1-3-6-41-19-5-4-14(7-13(19)2)28-18(35)10-16-17(34)8-15(9-20(16)43-28)42-31-29(26(39)24(37)22(12-33)45-31)46-30-27(40)25(38)23(36)21(11-32)44-30/h3,6,13-40H,4-5,7-12H2,1-2H3/t13?,14?,15?,16?,17?,18?,19?,20?,21-,22-,23-,24-,25+,26+,27-,28?,29-,30+,31-/m1/s1. The number of rotatable bonds is 9. The lowest BCUT2D eigenvalue weighted by Gasteiger charge is -2.50. The molecule has 15 heteroatoms. The van der Waals surface area contributed by atoms with Crippen molar-refractivity contribution in [3.05, 3.63) is 12.3 Å². The van der Waals surface area contributed by atoms with E-state index in [9.17, 15) is 46.0 Å². The van der Waals surface area contributed by atoms with Gasteiger partial charge in [-0.2, -0.15) is 0 Å². The van der Waals surface area contributed by atoms with E-state index in [-0.39, 0.29) is 30.3 Å². The van der Waals surface area contributed by atoms with Crippen molar-refractivity contribution < 1.29 is 74.4 Å². The SMILES string of the molecule is CC=COC1CCC(C2OC3CC(O[C@@H]4O[C@H](CO)[C@@H](O)[C@H](O)[C@H]4O[C@@H]4O[C@H](CO)[C@@H](O)[C@H](O)[C@H]4O)CC(O)C3CC2O)CC1C. The molecule has 5 rings (SSSR count). The van der Waals surface area contributed by atoms with Crippen LogP contribution in [0.2, 0.25) is 0 Å². The number of fused-ring (bicyclic) bond motifs is 1. The molecule has 2 aliphatic carbocycles. The summed E-state index contributed by atoms with van der Waals surface area (Å²) >= 11 is 0. The van der Waals surface area contributed by atoms with Gasteiger partial charge in [0.1, 0.15) is 54.9 Å². The summed E-state index contributed by atoms with van der Waals surface area (Å²) < 4.78 is 35.6. The van der Waals surface area contributed by atoms with E-state index in [0.717, 1.165) is 19.3 Å². The molecule has 0 amide bonds. The van der Waals surface area contributed by atoms with Crippen molar-refractivity contribution in [2.45, 2.75) is 150 Å². The molecule has 0 radical (unpaired) electrons. The van der Waals surface area contributed by atoms with Crippen LogP contribution in [0.5, 0.6) is 0 Å². The van der Waals surface area contributed by atoms with Gasteiger partial charge in [-0.15, -0.1) is 0 Å². The normalized spacial score (nSPS) is 51.9. The smallest absolute Gasteiger partial charge is 0.187 e. The van der Waals surface area contributed by atoms with Gasteiger partial charge in [-0.3, -0.25) is 0 Å². The minimum absolute atomic E-state index is 0.0977. The van der Waals surface area contributed by atoms with Gasteiger partial charge in [0, 0.05) is 18.8 Å². The van der Waals surface area contributed by atoms with Crippen LogP contribution >= 0.6 is 0 Å². The van der Waals surface area contributed by atoms with Gasteiger partial charge in [-0.05, 0) is 44.4 Å². The zero-order valence-corrected chi connectivity index (χ0v) is 26.3. The zero-order valence-electron chi connectivity index (χ0n) is 26.3. The number of aliphatic hydroxyl groups excluding tert-OH is 9. The molecule has 3 saturated heterocycles. The Balaban J connectivity index is 1.27. The van der Waals surface area contributed by atoms with Crippen molar-refractivity contribution in [1.29, 1.82) is 0 Å². The predicted octanol–water partition coefficient (Wildman–Crippen LogP) is -2.36. The van der Waals surface area contributed by atoms with Crippen LogP contribution in [0, 0.1) is 17.8 Å². The quantitative estimate of drug-likeness (QED) is 0.117. The Bertz CT molecular complexity index is 986. The van der Waals surface area contributed by atoms with E-state index < -0.39 is 105 Å². The number of ether oxygens (including phenoxy) is 6. The molecule has 9 N–H and O–H groups in total. The van der Waals surface area contributed by atoms with Gasteiger partial charge in [0.15, 0.2) is 12.6 Å². The Kier molecular flexibility index (Phi) is 12.4. The third-order valence-electron chi connectivity index (χ3n) is 10.5. The molecule has 46 heavy (non-hydrogen) atoms. The van der Waals surface area contributed by atoms with Crippen LogP contribution in [-0.4, -0.2) is 157 Å². The lowest BCUT2D eigenvalue weighted by atomic mass is 9.71. The Hall–Kier alpha value is -1.02. The molecule has 266 valence electrons. The van der Waals surface area contributed by atoms with Crippen LogP contribution in [0.15, 0.2) is 12.3 Å². The Morgan fingerprint density at radius 3 is 2.02 bits per heavy atom. The number of hydrogen-bond acceptors (Lipinski definition) is 15. The third-order valence-corrected chi connectivity index (χ3v) is 10.5.